The molecule has 0 unspecified atom stereocenters. The lowest BCUT2D eigenvalue weighted by Gasteiger charge is -2.15. The quantitative estimate of drug-likeness (QED) is 0.616. The highest BCUT2D eigenvalue weighted by molar-refractivity contribution is 7.91. The Morgan fingerprint density at radius 1 is 1.42 bits per heavy atom. The van der Waals surface area contributed by atoms with E-state index in [0.29, 0.717) is 0 Å². The number of amides is 1. The maximum atomic E-state index is 13.2. The minimum absolute atomic E-state index is 0.00461. The molecule has 0 saturated heterocycles. The van der Waals surface area contributed by atoms with Crippen molar-refractivity contribution >= 4 is 38.6 Å². The predicted octanol–water partition coefficient (Wildman–Crippen LogP) is 2.05. The molecule has 0 spiro atoms. The maximum Gasteiger partial charge on any atom is 0.306 e. The van der Waals surface area contributed by atoms with Gasteiger partial charge in [-0.2, -0.15) is 8.70 Å². The number of nitro benzene ring substituents is 1. The molecule has 0 aliphatic rings. The molecule has 0 radical (unpaired) electrons. The minimum Gasteiger partial charge on any atom is -0.325 e. The Morgan fingerprint density at radius 2 is 2.12 bits per heavy atom. The van der Waals surface area contributed by atoms with E-state index in [1.165, 1.54) is 13.1 Å². The van der Waals surface area contributed by atoms with Crippen LogP contribution in [-0.4, -0.2) is 37.1 Å². The number of nitro groups is 1. The van der Waals surface area contributed by atoms with Gasteiger partial charge in [0.05, 0.1) is 11.5 Å². The van der Waals surface area contributed by atoms with E-state index in [1.807, 2.05) is 0 Å². The molecule has 0 atom stereocenters. The first-order chi connectivity index (χ1) is 11.2. The molecular weight excluding hydrogens is 361 g/mol. The van der Waals surface area contributed by atoms with E-state index in [9.17, 15) is 27.7 Å². The van der Waals surface area contributed by atoms with Gasteiger partial charge in [0.2, 0.25) is 11.7 Å². The molecule has 1 heterocycles. The number of thiophene rings is 1. The highest BCUT2D eigenvalue weighted by Gasteiger charge is 2.24. The van der Waals surface area contributed by atoms with Gasteiger partial charge in [-0.3, -0.25) is 14.9 Å². The molecule has 1 N–H and O–H groups in total. The number of hydrogen-bond donors (Lipinski definition) is 1. The van der Waals surface area contributed by atoms with Crippen LogP contribution < -0.4 is 5.32 Å². The second-order valence-electron chi connectivity index (χ2n) is 4.66. The lowest BCUT2D eigenvalue weighted by atomic mass is 10.2. The number of nitrogens with zero attached hydrogens (tertiary/aromatic N) is 2. The number of carbonyl (C=O) groups excluding carboxylic acids is 1. The van der Waals surface area contributed by atoms with Gasteiger partial charge in [0, 0.05) is 18.8 Å². The fourth-order valence-electron chi connectivity index (χ4n) is 1.78. The Bertz CT molecular complexity index is 868. The number of nitrogens with one attached hydrogen (secondary N) is 1. The van der Waals surface area contributed by atoms with Gasteiger partial charge >= 0.3 is 5.69 Å². The summed E-state index contributed by atoms with van der Waals surface area (Å²) in [5.74, 6) is -1.74. The standard InChI is InChI=1S/C13H12FN3O5S2/c1-16(24(21,22)13-3-2-6-23-13)8-12(18)15-9-4-5-10(14)11(7-9)17(19)20/h2-7H,8H2,1H3,(H,15,18). The van der Waals surface area contributed by atoms with Crippen molar-refractivity contribution in [3.63, 3.8) is 0 Å². The molecular formula is C13H12FN3O5S2. The number of anilines is 1. The van der Waals surface area contributed by atoms with Crippen LogP contribution in [0.5, 0.6) is 0 Å². The number of rotatable bonds is 6. The number of likely N-dealkylation sites (N-methyl/N-ethyl adjacent to an activating group) is 1. The fourth-order valence-corrected chi connectivity index (χ4v) is 4.11. The number of hydrogen-bond acceptors (Lipinski definition) is 6. The summed E-state index contributed by atoms with van der Waals surface area (Å²) in [6, 6.07) is 5.84. The van der Waals surface area contributed by atoms with Crippen LogP contribution in [0.3, 0.4) is 0 Å². The van der Waals surface area contributed by atoms with Gasteiger partial charge in [-0.05, 0) is 23.6 Å². The molecule has 0 bridgehead atoms. The summed E-state index contributed by atoms with van der Waals surface area (Å²) in [7, 11) is -2.55. The zero-order valence-corrected chi connectivity index (χ0v) is 13.9. The van der Waals surface area contributed by atoms with Crippen molar-refractivity contribution < 1.29 is 22.5 Å². The SMILES string of the molecule is CN(CC(=O)Nc1ccc(F)c([N+](=O)[O-])c1)S(=O)(=O)c1cccs1. The van der Waals surface area contributed by atoms with Crippen molar-refractivity contribution in [1.82, 2.24) is 4.31 Å². The van der Waals surface area contributed by atoms with Crippen LogP contribution in [-0.2, 0) is 14.8 Å². The Kier molecular flexibility index (Phi) is 5.26. The summed E-state index contributed by atoms with van der Waals surface area (Å²) in [6.45, 7) is -0.495. The monoisotopic (exact) mass is 373 g/mol. The van der Waals surface area contributed by atoms with Gasteiger partial charge < -0.3 is 5.32 Å². The molecule has 1 aromatic carbocycles. The molecule has 0 aliphatic heterocycles. The number of halogens is 1. The first-order valence-corrected chi connectivity index (χ1v) is 8.77. The van der Waals surface area contributed by atoms with Crippen molar-refractivity contribution in [3.05, 3.63) is 51.6 Å². The number of sulfonamides is 1. The summed E-state index contributed by atoms with van der Waals surface area (Å²) in [5.41, 5.74) is -0.789. The van der Waals surface area contributed by atoms with E-state index in [1.54, 1.807) is 11.4 Å². The second-order valence-corrected chi connectivity index (χ2v) is 7.88. The van der Waals surface area contributed by atoms with Gasteiger partial charge in [0.15, 0.2) is 0 Å². The van der Waals surface area contributed by atoms with Crippen molar-refractivity contribution in [3.8, 4) is 0 Å². The molecule has 11 heteroatoms. The summed E-state index contributed by atoms with van der Waals surface area (Å²) in [5, 5.41) is 14.6. The second kappa shape index (κ2) is 7.03. The highest BCUT2D eigenvalue weighted by Crippen LogP contribution is 2.22. The Morgan fingerprint density at radius 3 is 2.71 bits per heavy atom. The van der Waals surface area contributed by atoms with Crippen LogP contribution in [0.2, 0.25) is 0 Å². The van der Waals surface area contributed by atoms with E-state index < -0.39 is 38.9 Å². The van der Waals surface area contributed by atoms with Crippen LogP contribution >= 0.6 is 11.3 Å². The van der Waals surface area contributed by atoms with Crippen LogP contribution in [0, 0.1) is 15.9 Å². The van der Waals surface area contributed by atoms with Gasteiger partial charge in [-0.25, -0.2) is 8.42 Å². The molecule has 8 nitrogen and oxygen atoms in total. The summed E-state index contributed by atoms with van der Waals surface area (Å²) < 4.78 is 38.6. The average molecular weight is 373 g/mol. The van der Waals surface area contributed by atoms with Crippen LogP contribution in [0.25, 0.3) is 0 Å². The molecule has 2 aromatic rings. The smallest absolute Gasteiger partial charge is 0.306 e. The molecule has 0 fully saturated rings. The largest absolute Gasteiger partial charge is 0.325 e. The fraction of sp³-hybridized carbons (Fsp3) is 0.154. The van der Waals surface area contributed by atoms with E-state index >= 15 is 0 Å². The molecule has 2 rings (SSSR count). The zero-order valence-electron chi connectivity index (χ0n) is 12.3. The molecule has 0 aliphatic carbocycles. The highest BCUT2D eigenvalue weighted by atomic mass is 32.2. The van der Waals surface area contributed by atoms with E-state index in [2.05, 4.69) is 5.32 Å². The third-order valence-electron chi connectivity index (χ3n) is 2.95. The van der Waals surface area contributed by atoms with Crippen molar-refractivity contribution in [1.29, 1.82) is 0 Å². The Balaban J connectivity index is 2.08. The third-order valence-corrected chi connectivity index (χ3v) is 6.13. The molecule has 1 aromatic heterocycles. The van der Waals surface area contributed by atoms with Gasteiger partial charge in [0.25, 0.3) is 10.0 Å². The summed E-state index contributed by atoms with van der Waals surface area (Å²) in [6.07, 6.45) is 0. The topological polar surface area (TPSA) is 110 Å². The summed E-state index contributed by atoms with van der Waals surface area (Å²) >= 11 is 1.02. The van der Waals surface area contributed by atoms with E-state index in [-0.39, 0.29) is 9.90 Å². The lowest BCUT2D eigenvalue weighted by Crippen LogP contribution is -2.34. The van der Waals surface area contributed by atoms with Crippen LogP contribution in [0.4, 0.5) is 15.8 Å². The normalized spacial score (nSPS) is 11.5. The molecule has 1 amide bonds. The summed E-state index contributed by atoms with van der Waals surface area (Å²) in [4.78, 5) is 21.7. The molecule has 24 heavy (non-hydrogen) atoms. The zero-order chi connectivity index (χ0) is 17.9. The maximum absolute atomic E-state index is 13.2. The number of carbonyl (C=O) groups is 1. The van der Waals surface area contributed by atoms with E-state index in [4.69, 9.17) is 0 Å². The van der Waals surface area contributed by atoms with Crippen molar-refractivity contribution in [2.45, 2.75) is 4.21 Å². The molecule has 0 saturated carbocycles. The van der Waals surface area contributed by atoms with E-state index in [0.717, 1.165) is 33.8 Å². The first kappa shape index (κ1) is 18.0. The van der Waals surface area contributed by atoms with Crippen molar-refractivity contribution in [2.75, 3.05) is 18.9 Å². The molecule has 128 valence electrons. The van der Waals surface area contributed by atoms with Crippen LogP contribution in [0.1, 0.15) is 0 Å². The van der Waals surface area contributed by atoms with Gasteiger partial charge in [-0.1, -0.05) is 6.07 Å². The third kappa shape index (κ3) is 3.93. The minimum atomic E-state index is -3.79. The Labute approximate surface area is 140 Å². The van der Waals surface area contributed by atoms with Crippen LogP contribution in [0.15, 0.2) is 39.9 Å². The number of benzene rings is 1. The first-order valence-electron chi connectivity index (χ1n) is 6.45. The average Bonchev–Trinajstić information content (AvgIpc) is 3.03. The van der Waals surface area contributed by atoms with Gasteiger partial charge in [0.1, 0.15) is 4.21 Å². The van der Waals surface area contributed by atoms with Gasteiger partial charge in [-0.15, -0.1) is 11.3 Å². The lowest BCUT2D eigenvalue weighted by molar-refractivity contribution is -0.387. The van der Waals surface area contributed by atoms with Crippen molar-refractivity contribution in [2.24, 2.45) is 0 Å². The predicted molar refractivity (Wildman–Crippen MR) is 85.8 cm³/mol. The Hall–Kier alpha value is -2.37.